The summed E-state index contributed by atoms with van der Waals surface area (Å²) >= 11 is 0. The Kier molecular flexibility index (Phi) is 5.84. The minimum absolute atomic E-state index is 0.400. The van der Waals surface area contributed by atoms with Gasteiger partial charge in [-0.1, -0.05) is 18.2 Å². The van der Waals surface area contributed by atoms with Gasteiger partial charge in [0.25, 0.3) is 0 Å². The minimum atomic E-state index is -0.437. The second-order valence-electron chi connectivity index (χ2n) is 10.7. The Morgan fingerprint density at radius 3 is 2.12 bits per heavy atom. The standard InChI is InChI=1S/C29H33NO4/c1-18-12-13-24(30(18)8)20-11-9-10-19(14-20)22-17-23-25(32-27(22)31)15-21(33-28(2,3)4)16-26(23)34-29(5,6)7/h9-17H,1-8H3. The van der Waals surface area contributed by atoms with Gasteiger partial charge in [0.05, 0.1) is 10.9 Å². The minimum Gasteiger partial charge on any atom is -0.488 e. The van der Waals surface area contributed by atoms with Crippen LogP contribution in [0, 0.1) is 6.92 Å². The van der Waals surface area contributed by atoms with E-state index in [1.807, 2.05) is 85.0 Å². The van der Waals surface area contributed by atoms with Crippen LogP contribution in [0.4, 0.5) is 0 Å². The largest absolute Gasteiger partial charge is 0.488 e. The summed E-state index contributed by atoms with van der Waals surface area (Å²) in [6.45, 7) is 14.0. The van der Waals surface area contributed by atoms with E-state index in [0.717, 1.165) is 22.2 Å². The first-order chi connectivity index (χ1) is 15.8. The number of aromatic nitrogens is 1. The number of hydrogen-bond donors (Lipinski definition) is 0. The van der Waals surface area contributed by atoms with Gasteiger partial charge in [-0.05, 0) is 83.9 Å². The Labute approximate surface area is 200 Å². The van der Waals surface area contributed by atoms with Gasteiger partial charge in [-0.2, -0.15) is 0 Å². The third-order valence-electron chi connectivity index (χ3n) is 5.47. The second kappa shape index (κ2) is 8.39. The summed E-state index contributed by atoms with van der Waals surface area (Å²) in [6.07, 6.45) is 0. The van der Waals surface area contributed by atoms with Gasteiger partial charge in [-0.25, -0.2) is 4.79 Å². The van der Waals surface area contributed by atoms with Crippen LogP contribution in [0.5, 0.6) is 11.5 Å². The highest BCUT2D eigenvalue weighted by molar-refractivity contribution is 5.89. The molecule has 4 aromatic rings. The molecule has 2 aromatic carbocycles. The fourth-order valence-corrected chi connectivity index (χ4v) is 3.94. The summed E-state index contributed by atoms with van der Waals surface area (Å²) in [7, 11) is 2.04. The van der Waals surface area contributed by atoms with Gasteiger partial charge in [-0.15, -0.1) is 0 Å². The molecule has 0 aliphatic heterocycles. The Morgan fingerprint density at radius 1 is 0.824 bits per heavy atom. The molecule has 0 unspecified atom stereocenters. The van der Waals surface area contributed by atoms with Gasteiger partial charge in [0, 0.05) is 30.6 Å². The molecule has 178 valence electrons. The van der Waals surface area contributed by atoms with Gasteiger partial charge < -0.3 is 18.5 Å². The van der Waals surface area contributed by atoms with Gasteiger partial charge >= 0.3 is 5.63 Å². The van der Waals surface area contributed by atoms with Gasteiger partial charge in [0.15, 0.2) is 0 Å². The molecule has 0 saturated heterocycles. The summed E-state index contributed by atoms with van der Waals surface area (Å²) in [5.74, 6) is 1.21. The van der Waals surface area contributed by atoms with Crippen molar-refractivity contribution in [3.63, 3.8) is 0 Å². The number of fused-ring (bicyclic) bond motifs is 1. The van der Waals surface area contributed by atoms with E-state index in [1.165, 1.54) is 5.69 Å². The maximum Gasteiger partial charge on any atom is 0.344 e. The smallest absolute Gasteiger partial charge is 0.344 e. The maximum absolute atomic E-state index is 13.1. The predicted molar refractivity (Wildman–Crippen MR) is 138 cm³/mol. The van der Waals surface area contributed by atoms with Crippen molar-refractivity contribution in [3.05, 3.63) is 70.7 Å². The predicted octanol–water partition coefficient (Wildman–Crippen LogP) is 7.13. The topological polar surface area (TPSA) is 53.6 Å². The van der Waals surface area contributed by atoms with Crippen LogP contribution in [-0.2, 0) is 7.05 Å². The SMILES string of the molecule is Cc1ccc(-c2cccc(-c3cc4c(OC(C)(C)C)cc(OC(C)(C)C)cc4oc3=O)c2)n1C. The van der Waals surface area contributed by atoms with Crippen LogP contribution in [0.1, 0.15) is 47.2 Å². The van der Waals surface area contributed by atoms with E-state index in [4.69, 9.17) is 13.9 Å². The summed E-state index contributed by atoms with van der Waals surface area (Å²) in [6, 6.07) is 17.6. The number of benzene rings is 2. The molecule has 0 spiro atoms. The highest BCUT2D eigenvalue weighted by atomic mass is 16.5. The molecule has 4 rings (SSSR count). The number of nitrogens with zero attached hydrogens (tertiary/aromatic N) is 1. The Morgan fingerprint density at radius 2 is 1.50 bits per heavy atom. The molecule has 2 heterocycles. The normalized spacial score (nSPS) is 12.2. The summed E-state index contributed by atoms with van der Waals surface area (Å²) in [4.78, 5) is 13.1. The van der Waals surface area contributed by atoms with Crippen LogP contribution in [0.25, 0.3) is 33.4 Å². The number of aryl methyl sites for hydroxylation is 1. The van der Waals surface area contributed by atoms with Crippen LogP contribution >= 0.6 is 0 Å². The Hall–Kier alpha value is -3.47. The van der Waals surface area contributed by atoms with Crippen molar-refractivity contribution in [1.29, 1.82) is 0 Å². The van der Waals surface area contributed by atoms with Crippen LogP contribution in [0.15, 0.2) is 63.8 Å². The molecular formula is C29H33NO4. The Bertz CT molecular complexity index is 1410. The molecule has 0 aliphatic rings. The van der Waals surface area contributed by atoms with Crippen molar-refractivity contribution in [2.45, 2.75) is 59.7 Å². The van der Waals surface area contributed by atoms with E-state index < -0.39 is 16.8 Å². The number of rotatable bonds is 4. The third-order valence-corrected chi connectivity index (χ3v) is 5.47. The number of hydrogen-bond acceptors (Lipinski definition) is 4. The van der Waals surface area contributed by atoms with Crippen molar-refractivity contribution in [2.24, 2.45) is 7.05 Å². The molecule has 5 nitrogen and oxygen atoms in total. The highest BCUT2D eigenvalue weighted by Crippen LogP contribution is 2.36. The highest BCUT2D eigenvalue weighted by Gasteiger charge is 2.21. The summed E-state index contributed by atoms with van der Waals surface area (Å²) < 4.78 is 20.3. The molecule has 0 aliphatic carbocycles. The lowest BCUT2D eigenvalue weighted by molar-refractivity contribution is 0.122. The lowest BCUT2D eigenvalue weighted by atomic mass is 10.0. The van der Waals surface area contributed by atoms with Crippen LogP contribution in [-0.4, -0.2) is 15.8 Å². The Balaban J connectivity index is 1.88. The fourth-order valence-electron chi connectivity index (χ4n) is 3.94. The molecule has 0 saturated carbocycles. The molecule has 0 amide bonds. The zero-order valence-corrected chi connectivity index (χ0v) is 21.3. The zero-order valence-electron chi connectivity index (χ0n) is 21.3. The average Bonchev–Trinajstić information content (AvgIpc) is 3.04. The quantitative estimate of drug-likeness (QED) is 0.305. The van der Waals surface area contributed by atoms with Gasteiger partial charge in [-0.3, -0.25) is 0 Å². The van der Waals surface area contributed by atoms with E-state index in [9.17, 15) is 4.79 Å². The maximum atomic E-state index is 13.1. The molecule has 0 N–H and O–H groups in total. The molecular weight excluding hydrogens is 426 g/mol. The summed E-state index contributed by atoms with van der Waals surface area (Å²) in [5.41, 5.74) is 3.77. The summed E-state index contributed by atoms with van der Waals surface area (Å²) in [5, 5.41) is 0.728. The van der Waals surface area contributed by atoms with E-state index in [1.54, 1.807) is 6.07 Å². The zero-order chi connectivity index (χ0) is 24.8. The van der Waals surface area contributed by atoms with Crippen LogP contribution in [0.3, 0.4) is 0 Å². The monoisotopic (exact) mass is 459 g/mol. The molecule has 0 bridgehead atoms. The molecule has 0 fully saturated rings. The van der Waals surface area contributed by atoms with Crippen molar-refractivity contribution in [1.82, 2.24) is 4.57 Å². The second-order valence-corrected chi connectivity index (χ2v) is 10.7. The number of ether oxygens (including phenoxy) is 2. The van der Waals surface area contributed by atoms with Crippen molar-refractivity contribution >= 4 is 11.0 Å². The molecule has 5 heteroatoms. The van der Waals surface area contributed by atoms with Gasteiger partial charge in [0.1, 0.15) is 28.3 Å². The molecule has 2 aromatic heterocycles. The fraction of sp³-hybridized carbons (Fsp3) is 0.345. The lowest BCUT2D eigenvalue weighted by Crippen LogP contribution is -2.24. The first kappa shape index (κ1) is 23.7. The van der Waals surface area contributed by atoms with Crippen molar-refractivity contribution in [3.8, 4) is 33.9 Å². The average molecular weight is 460 g/mol. The third kappa shape index (κ3) is 5.04. The lowest BCUT2D eigenvalue weighted by Gasteiger charge is -2.25. The van der Waals surface area contributed by atoms with Crippen LogP contribution < -0.4 is 15.1 Å². The van der Waals surface area contributed by atoms with Crippen molar-refractivity contribution < 1.29 is 13.9 Å². The van der Waals surface area contributed by atoms with Gasteiger partial charge in [0.2, 0.25) is 0 Å². The first-order valence-corrected chi connectivity index (χ1v) is 11.5. The van der Waals surface area contributed by atoms with E-state index >= 15 is 0 Å². The molecule has 34 heavy (non-hydrogen) atoms. The van der Waals surface area contributed by atoms with Crippen molar-refractivity contribution in [2.75, 3.05) is 0 Å². The van der Waals surface area contributed by atoms with E-state index in [2.05, 4.69) is 23.6 Å². The first-order valence-electron chi connectivity index (χ1n) is 11.5. The molecule has 0 atom stereocenters. The van der Waals surface area contributed by atoms with E-state index in [0.29, 0.717) is 22.6 Å². The van der Waals surface area contributed by atoms with E-state index in [-0.39, 0.29) is 0 Å². The van der Waals surface area contributed by atoms with Crippen LogP contribution in [0.2, 0.25) is 0 Å². The molecule has 0 radical (unpaired) electrons.